The van der Waals surface area contributed by atoms with Gasteiger partial charge in [-0.15, -0.1) is 0 Å². The van der Waals surface area contributed by atoms with Gasteiger partial charge in [-0.1, -0.05) is 129 Å². The predicted molar refractivity (Wildman–Crippen MR) is 169 cm³/mol. The minimum atomic E-state index is 0. The average molecular weight is 608 g/mol. The lowest BCUT2D eigenvalue weighted by molar-refractivity contribution is -0.706. The monoisotopic (exact) mass is 606 g/mol. The highest BCUT2D eigenvalue weighted by molar-refractivity contribution is 5.00. The summed E-state index contributed by atoms with van der Waals surface area (Å²) in [5, 5.41) is 0. The lowest BCUT2D eigenvalue weighted by Gasteiger charge is -2.06. The summed E-state index contributed by atoms with van der Waals surface area (Å²) in [6.45, 7) is 6.96. The summed E-state index contributed by atoms with van der Waals surface area (Å²) in [6, 6.07) is 13.5. The van der Waals surface area contributed by atoms with E-state index < -0.39 is 0 Å². The van der Waals surface area contributed by atoms with Crippen LogP contribution in [-0.2, 0) is 25.9 Å². The fraction of sp³-hybridized carbons (Fsp3) is 0.730. The Hall–Kier alpha value is -1.12. The topological polar surface area (TPSA) is 7.76 Å². The maximum atomic E-state index is 2.52. The smallest absolute Gasteiger partial charge is 0.181 e. The van der Waals surface area contributed by atoms with Gasteiger partial charge in [-0.25, -0.2) is 9.13 Å². The van der Waals surface area contributed by atoms with Crippen LogP contribution in [0.1, 0.15) is 160 Å². The Morgan fingerprint density at radius 2 is 0.707 bits per heavy atom. The quantitative estimate of drug-likeness (QED) is 0.111. The van der Waals surface area contributed by atoms with E-state index in [2.05, 4.69) is 71.8 Å². The number of halogens is 2. The number of aromatic nitrogens is 2. The van der Waals surface area contributed by atoms with Crippen molar-refractivity contribution in [3.63, 3.8) is 0 Å². The van der Waals surface area contributed by atoms with Crippen LogP contribution in [0, 0.1) is 0 Å². The summed E-state index contributed by atoms with van der Waals surface area (Å²) in [7, 11) is 0. The third-order valence-corrected chi connectivity index (χ3v) is 8.44. The van der Waals surface area contributed by atoms with E-state index in [1.165, 1.54) is 172 Å². The van der Waals surface area contributed by atoms with Crippen LogP contribution in [0.3, 0.4) is 0 Å². The summed E-state index contributed by atoms with van der Waals surface area (Å²) >= 11 is 0. The molecule has 0 radical (unpaired) electrons. The molecule has 0 saturated heterocycles. The Labute approximate surface area is 268 Å². The van der Waals surface area contributed by atoms with Crippen LogP contribution < -0.4 is 33.9 Å². The molecule has 0 aliphatic carbocycles. The number of unbranched alkanes of at least 4 members (excludes halogenated alkanes) is 18. The molecule has 0 unspecified atom stereocenters. The second-order valence-electron chi connectivity index (χ2n) is 12.0. The number of aryl methyl sites for hydroxylation is 4. The third-order valence-electron chi connectivity index (χ3n) is 8.44. The Balaban J connectivity index is 0.00000800. The normalized spacial score (nSPS) is 10.8. The van der Waals surface area contributed by atoms with Crippen molar-refractivity contribution in [3.05, 3.63) is 60.2 Å². The molecule has 0 N–H and O–H groups in total. The zero-order valence-corrected chi connectivity index (χ0v) is 28.5. The summed E-state index contributed by atoms with van der Waals surface area (Å²) in [5.74, 6) is 0. The van der Waals surface area contributed by atoms with E-state index in [4.69, 9.17) is 0 Å². The molecule has 2 heterocycles. The van der Waals surface area contributed by atoms with E-state index >= 15 is 0 Å². The highest BCUT2D eigenvalue weighted by Crippen LogP contribution is 2.12. The van der Waals surface area contributed by atoms with Crippen LogP contribution in [0.4, 0.5) is 0 Å². The van der Waals surface area contributed by atoms with E-state index in [0.29, 0.717) is 0 Å². The van der Waals surface area contributed by atoms with Crippen molar-refractivity contribution in [2.24, 2.45) is 0 Å². The first-order valence-corrected chi connectivity index (χ1v) is 17.3. The molecule has 0 spiro atoms. The first-order chi connectivity index (χ1) is 19.3. The molecule has 2 nitrogen and oxygen atoms in total. The Morgan fingerprint density at radius 1 is 0.390 bits per heavy atom. The molecule has 4 heteroatoms. The summed E-state index contributed by atoms with van der Waals surface area (Å²) < 4.78 is 5.04. The highest BCUT2D eigenvalue weighted by Gasteiger charge is 2.13. The van der Waals surface area contributed by atoms with Gasteiger partial charge in [-0.2, -0.15) is 0 Å². The SMILES string of the molecule is CCCCCCCCCCCC[n+]1ccccc1CCCc1cccc[n+]1CCCCCCCCCCCC.[Cl-].[Cl-]. The highest BCUT2D eigenvalue weighted by atomic mass is 35.5. The van der Waals surface area contributed by atoms with Gasteiger partial charge < -0.3 is 24.8 Å². The lowest BCUT2D eigenvalue weighted by Crippen LogP contribution is -3.00. The first kappa shape index (κ1) is 39.9. The third kappa shape index (κ3) is 20.4. The minimum absolute atomic E-state index is 0. The number of pyridine rings is 2. The second-order valence-corrected chi connectivity index (χ2v) is 12.0. The van der Waals surface area contributed by atoms with Crippen LogP contribution in [0.15, 0.2) is 48.8 Å². The summed E-state index contributed by atoms with van der Waals surface area (Å²) in [6.07, 6.45) is 36.3. The van der Waals surface area contributed by atoms with Gasteiger partial charge in [-0.05, 0) is 19.3 Å². The molecule has 0 aromatic carbocycles. The van der Waals surface area contributed by atoms with Crippen LogP contribution in [0.25, 0.3) is 0 Å². The molecular formula is C37H64Cl2N2. The maximum Gasteiger partial charge on any atom is 0.181 e. The second kappa shape index (κ2) is 29.0. The van der Waals surface area contributed by atoms with Gasteiger partial charge in [-0.3, -0.25) is 0 Å². The van der Waals surface area contributed by atoms with Crippen molar-refractivity contribution in [1.82, 2.24) is 0 Å². The largest absolute Gasteiger partial charge is 1.00 e. The fourth-order valence-corrected chi connectivity index (χ4v) is 5.90. The standard InChI is InChI=1S/C37H64N2.2ClH/c1-3-5-7-9-11-13-15-17-19-23-32-38-34-25-21-28-36(38)30-27-31-37-29-22-26-35-39(37)33-24-20-18-16-14-12-10-8-6-4-2;;/h21-22,25-26,28-29,34-35H,3-20,23-24,27,30-33H2,1-2H3;2*1H/q+2;;/p-2. The van der Waals surface area contributed by atoms with Crippen molar-refractivity contribution in [2.45, 2.75) is 175 Å². The number of nitrogens with zero attached hydrogens (tertiary/aromatic N) is 2. The van der Waals surface area contributed by atoms with Gasteiger partial charge >= 0.3 is 0 Å². The molecule has 0 amide bonds. The lowest BCUT2D eigenvalue weighted by atomic mass is 10.1. The molecule has 41 heavy (non-hydrogen) atoms. The molecule has 2 aromatic rings. The first-order valence-electron chi connectivity index (χ1n) is 17.3. The van der Waals surface area contributed by atoms with Gasteiger partial charge in [0.1, 0.15) is 13.1 Å². The van der Waals surface area contributed by atoms with E-state index in [9.17, 15) is 0 Å². The van der Waals surface area contributed by atoms with Gasteiger partial charge in [0.15, 0.2) is 23.8 Å². The molecular weight excluding hydrogens is 543 g/mol. The Kier molecular flexibility index (Phi) is 28.2. The van der Waals surface area contributed by atoms with E-state index in [0.717, 1.165) is 0 Å². The van der Waals surface area contributed by atoms with Gasteiger partial charge in [0, 0.05) is 49.9 Å². The molecule has 236 valence electrons. The zero-order chi connectivity index (χ0) is 27.6. The molecule has 0 aliphatic rings. The van der Waals surface area contributed by atoms with Gasteiger partial charge in [0.2, 0.25) is 0 Å². The average Bonchev–Trinajstić information content (AvgIpc) is 2.96. The molecule has 0 saturated carbocycles. The molecule has 0 aliphatic heterocycles. The zero-order valence-electron chi connectivity index (χ0n) is 26.9. The van der Waals surface area contributed by atoms with Crippen molar-refractivity contribution in [2.75, 3.05) is 0 Å². The van der Waals surface area contributed by atoms with E-state index in [-0.39, 0.29) is 24.8 Å². The molecule has 0 atom stereocenters. The predicted octanol–water partition coefficient (Wildman–Crippen LogP) is 4.29. The molecule has 2 rings (SSSR count). The minimum Gasteiger partial charge on any atom is -1.00 e. The Morgan fingerprint density at radius 3 is 1.05 bits per heavy atom. The van der Waals surface area contributed by atoms with Crippen molar-refractivity contribution < 1.29 is 33.9 Å². The number of hydrogen-bond acceptors (Lipinski definition) is 0. The van der Waals surface area contributed by atoms with Crippen LogP contribution in [-0.4, -0.2) is 0 Å². The fourth-order valence-electron chi connectivity index (χ4n) is 5.90. The summed E-state index contributed by atoms with van der Waals surface area (Å²) in [4.78, 5) is 0. The Bertz CT molecular complexity index is 759. The van der Waals surface area contributed by atoms with Gasteiger partial charge in [0.05, 0.1) is 0 Å². The van der Waals surface area contributed by atoms with Crippen LogP contribution in [0.2, 0.25) is 0 Å². The number of hydrogen-bond donors (Lipinski definition) is 0. The van der Waals surface area contributed by atoms with E-state index in [1.807, 2.05) is 0 Å². The maximum absolute atomic E-state index is 2.52. The van der Waals surface area contributed by atoms with Crippen LogP contribution in [0.5, 0.6) is 0 Å². The van der Waals surface area contributed by atoms with Crippen LogP contribution >= 0.6 is 0 Å². The van der Waals surface area contributed by atoms with E-state index in [1.54, 1.807) is 0 Å². The molecule has 2 aromatic heterocycles. The van der Waals surface area contributed by atoms with Crippen molar-refractivity contribution in [3.8, 4) is 0 Å². The molecule has 0 fully saturated rings. The van der Waals surface area contributed by atoms with Crippen molar-refractivity contribution in [1.29, 1.82) is 0 Å². The number of rotatable bonds is 26. The van der Waals surface area contributed by atoms with Crippen molar-refractivity contribution >= 4 is 0 Å². The van der Waals surface area contributed by atoms with Gasteiger partial charge in [0.25, 0.3) is 0 Å². The molecule has 0 bridgehead atoms. The summed E-state index contributed by atoms with van der Waals surface area (Å²) in [5.41, 5.74) is 3.01.